The molecule has 1 aromatic carbocycles. The lowest BCUT2D eigenvalue weighted by Crippen LogP contribution is -2.34. The van der Waals surface area contributed by atoms with Crippen LogP contribution in [0.5, 0.6) is 0 Å². The van der Waals surface area contributed by atoms with Crippen LogP contribution in [0.1, 0.15) is 20.3 Å². The molecule has 0 aliphatic heterocycles. The number of hydrogen-bond acceptors (Lipinski definition) is 5. The third-order valence-electron chi connectivity index (χ3n) is 3.13. The second-order valence-electron chi connectivity index (χ2n) is 5.16. The van der Waals surface area contributed by atoms with Crippen molar-refractivity contribution in [2.45, 2.75) is 37.3 Å². The predicted octanol–water partition coefficient (Wildman–Crippen LogP) is 0.569. The molecule has 2 unspecified atom stereocenters. The topological polar surface area (TPSA) is 102 Å². The predicted molar refractivity (Wildman–Crippen MR) is 77.5 cm³/mol. The minimum absolute atomic E-state index is 0.0155. The second-order valence-corrected chi connectivity index (χ2v) is 6.88. The number of aryl methyl sites for hydroxylation is 1. The van der Waals surface area contributed by atoms with Gasteiger partial charge in [-0.05, 0) is 32.4 Å². The van der Waals surface area contributed by atoms with Crippen molar-refractivity contribution in [3.63, 3.8) is 0 Å². The fourth-order valence-corrected chi connectivity index (χ4v) is 3.45. The van der Waals surface area contributed by atoms with Crippen LogP contribution in [-0.4, -0.2) is 30.2 Å². The van der Waals surface area contributed by atoms with E-state index < -0.39 is 27.9 Å². The quantitative estimate of drug-likeness (QED) is 0.840. The number of sulfonamides is 1. The zero-order valence-electron chi connectivity index (χ0n) is 12.0. The van der Waals surface area contributed by atoms with E-state index in [-0.39, 0.29) is 10.5 Å². The molecule has 7 nitrogen and oxygen atoms in total. The molecule has 2 N–H and O–H groups in total. The molecule has 0 saturated carbocycles. The molecule has 1 aromatic heterocycles. The van der Waals surface area contributed by atoms with Gasteiger partial charge in [-0.1, -0.05) is 0 Å². The average Bonchev–Trinajstić information content (AvgIpc) is 2.63. The largest absolute Gasteiger partial charge is 0.419 e. The van der Waals surface area contributed by atoms with Crippen molar-refractivity contribution in [3.8, 4) is 0 Å². The van der Waals surface area contributed by atoms with Crippen LogP contribution in [-0.2, 0) is 17.1 Å². The SMILES string of the molecule is CC(O)CC(C)NS(=O)(=O)c1ccc2c(c1)oc(=O)n2C. The van der Waals surface area contributed by atoms with Gasteiger partial charge >= 0.3 is 5.76 Å². The Morgan fingerprint density at radius 1 is 1.38 bits per heavy atom. The Morgan fingerprint density at radius 2 is 2.05 bits per heavy atom. The van der Waals surface area contributed by atoms with Gasteiger partial charge < -0.3 is 9.52 Å². The lowest BCUT2D eigenvalue weighted by Gasteiger charge is -2.15. The summed E-state index contributed by atoms with van der Waals surface area (Å²) in [5.74, 6) is -0.546. The monoisotopic (exact) mass is 314 g/mol. The molecule has 2 atom stereocenters. The molecule has 0 fully saturated rings. The van der Waals surface area contributed by atoms with Crippen LogP contribution in [0.15, 0.2) is 32.3 Å². The lowest BCUT2D eigenvalue weighted by molar-refractivity contribution is 0.175. The van der Waals surface area contributed by atoms with Crippen molar-refractivity contribution in [3.05, 3.63) is 28.7 Å². The van der Waals surface area contributed by atoms with Gasteiger partial charge in [0.25, 0.3) is 0 Å². The highest BCUT2D eigenvalue weighted by Crippen LogP contribution is 2.18. The summed E-state index contributed by atoms with van der Waals surface area (Å²) < 4.78 is 33.2. The Labute approximate surface area is 122 Å². The summed E-state index contributed by atoms with van der Waals surface area (Å²) in [5, 5.41) is 9.28. The second kappa shape index (κ2) is 5.63. The summed E-state index contributed by atoms with van der Waals surface area (Å²) in [6.07, 6.45) is -0.292. The first kappa shape index (κ1) is 15.7. The molecule has 0 aliphatic carbocycles. The third kappa shape index (κ3) is 3.34. The minimum Gasteiger partial charge on any atom is -0.408 e. The highest BCUT2D eigenvalue weighted by molar-refractivity contribution is 7.89. The first-order chi connectivity index (χ1) is 9.70. The molecule has 2 aromatic rings. The maximum Gasteiger partial charge on any atom is 0.419 e. The summed E-state index contributed by atoms with van der Waals surface area (Å²) in [6.45, 7) is 3.26. The molecule has 0 amide bonds. The van der Waals surface area contributed by atoms with Crippen molar-refractivity contribution in [1.29, 1.82) is 0 Å². The summed E-state index contributed by atoms with van der Waals surface area (Å²) in [5.41, 5.74) is 0.740. The Morgan fingerprint density at radius 3 is 2.67 bits per heavy atom. The van der Waals surface area contributed by atoms with Crippen LogP contribution in [0.4, 0.5) is 0 Å². The smallest absolute Gasteiger partial charge is 0.408 e. The molecule has 0 radical (unpaired) electrons. The van der Waals surface area contributed by atoms with Crippen molar-refractivity contribution < 1.29 is 17.9 Å². The molecule has 116 valence electrons. The van der Waals surface area contributed by atoms with E-state index >= 15 is 0 Å². The van der Waals surface area contributed by atoms with E-state index in [0.29, 0.717) is 11.9 Å². The van der Waals surface area contributed by atoms with Gasteiger partial charge in [0.05, 0.1) is 16.5 Å². The number of aliphatic hydroxyl groups is 1. The van der Waals surface area contributed by atoms with Crippen molar-refractivity contribution in [1.82, 2.24) is 9.29 Å². The molecule has 21 heavy (non-hydrogen) atoms. The van der Waals surface area contributed by atoms with Crippen molar-refractivity contribution in [2.24, 2.45) is 7.05 Å². The van der Waals surface area contributed by atoms with E-state index in [1.54, 1.807) is 20.9 Å². The number of benzene rings is 1. The zero-order valence-corrected chi connectivity index (χ0v) is 12.8. The number of fused-ring (bicyclic) bond motifs is 1. The standard InChI is InChI=1S/C13H18N2O5S/c1-8(6-9(2)16)14-21(18,19)10-4-5-11-12(7-10)20-13(17)15(11)3/h4-5,7-9,14,16H,6H2,1-3H3. The fourth-order valence-electron chi connectivity index (χ4n) is 2.17. The summed E-state index contributed by atoms with van der Waals surface area (Å²) >= 11 is 0. The molecule has 2 rings (SSSR count). The van der Waals surface area contributed by atoms with Gasteiger partial charge in [-0.15, -0.1) is 0 Å². The number of aromatic nitrogens is 1. The van der Waals surface area contributed by atoms with E-state index in [0.717, 1.165) is 0 Å². The number of nitrogens with one attached hydrogen (secondary N) is 1. The van der Waals surface area contributed by atoms with Crippen LogP contribution >= 0.6 is 0 Å². The van der Waals surface area contributed by atoms with E-state index in [1.165, 1.54) is 22.8 Å². The Kier molecular flexibility index (Phi) is 4.22. The van der Waals surface area contributed by atoms with E-state index in [4.69, 9.17) is 4.42 Å². The first-order valence-corrected chi connectivity index (χ1v) is 7.99. The number of oxazole rings is 1. The summed E-state index contributed by atoms with van der Waals surface area (Å²) in [6, 6.07) is 3.84. The Hall–Kier alpha value is -1.64. The normalized spacial score (nSPS) is 15.2. The lowest BCUT2D eigenvalue weighted by atomic mass is 10.2. The van der Waals surface area contributed by atoms with Crippen LogP contribution < -0.4 is 10.5 Å². The van der Waals surface area contributed by atoms with Crippen molar-refractivity contribution >= 4 is 21.1 Å². The van der Waals surface area contributed by atoms with Crippen LogP contribution in [0.25, 0.3) is 11.1 Å². The molecule has 1 heterocycles. The molecule has 0 saturated heterocycles. The third-order valence-corrected chi connectivity index (χ3v) is 4.71. The summed E-state index contributed by atoms with van der Waals surface area (Å²) in [4.78, 5) is 11.4. The molecule has 0 aliphatic rings. The van der Waals surface area contributed by atoms with Crippen LogP contribution in [0.3, 0.4) is 0 Å². The van der Waals surface area contributed by atoms with Gasteiger partial charge in [0, 0.05) is 19.2 Å². The Bertz CT molecular complexity index is 804. The highest BCUT2D eigenvalue weighted by Gasteiger charge is 2.20. The van der Waals surface area contributed by atoms with Crippen molar-refractivity contribution in [2.75, 3.05) is 0 Å². The van der Waals surface area contributed by atoms with Gasteiger partial charge in [0.1, 0.15) is 0 Å². The molecule has 0 spiro atoms. The maximum atomic E-state index is 12.2. The fraction of sp³-hybridized carbons (Fsp3) is 0.462. The molecular formula is C13H18N2O5S. The van der Waals surface area contributed by atoms with Crippen LogP contribution in [0.2, 0.25) is 0 Å². The van der Waals surface area contributed by atoms with E-state index in [9.17, 15) is 18.3 Å². The van der Waals surface area contributed by atoms with E-state index in [1.807, 2.05) is 0 Å². The van der Waals surface area contributed by atoms with Gasteiger partial charge in [-0.2, -0.15) is 0 Å². The minimum atomic E-state index is -3.73. The highest BCUT2D eigenvalue weighted by atomic mass is 32.2. The number of hydrogen-bond donors (Lipinski definition) is 2. The van der Waals surface area contributed by atoms with Gasteiger partial charge in [0.2, 0.25) is 10.0 Å². The molecule has 0 bridgehead atoms. The summed E-state index contributed by atoms with van der Waals surface area (Å²) in [7, 11) is -2.19. The zero-order chi connectivity index (χ0) is 15.8. The molecule has 8 heteroatoms. The number of aliphatic hydroxyl groups excluding tert-OH is 1. The maximum absolute atomic E-state index is 12.2. The van der Waals surface area contributed by atoms with E-state index in [2.05, 4.69) is 4.72 Å². The van der Waals surface area contributed by atoms with Gasteiger partial charge in [-0.25, -0.2) is 17.9 Å². The number of nitrogens with zero attached hydrogens (tertiary/aromatic N) is 1. The molecular weight excluding hydrogens is 296 g/mol. The number of rotatable bonds is 5. The van der Waals surface area contributed by atoms with Crippen LogP contribution in [0, 0.1) is 0 Å². The Balaban J connectivity index is 2.34. The van der Waals surface area contributed by atoms with Gasteiger partial charge in [-0.3, -0.25) is 4.57 Å². The first-order valence-electron chi connectivity index (χ1n) is 6.50. The van der Waals surface area contributed by atoms with Gasteiger partial charge in [0.15, 0.2) is 5.58 Å². The average molecular weight is 314 g/mol.